The van der Waals surface area contributed by atoms with Gasteiger partial charge in [0, 0.05) is 18.3 Å². The lowest BCUT2D eigenvalue weighted by atomic mass is 10.1. The number of anilines is 2. The first kappa shape index (κ1) is 14.7. The Labute approximate surface area is 123 Å². The highest BCUT2D eigenvalue weighted by molar-refractivity contribution is 5.96. The minimum atomic E-state index is -0.721. The predicted octanol–water partition coefficient (Wildman–Crippen LogP) is 2.28. The molecule has 2 aromatic carbocycles. The molecule has 0 bridgehead atoms. The van der Waals surface area contributed by atoms with Gasteiger partial charge in [-0.05, 0) is 29.8 Å². The van der Waals surface area contributed by atoms with E-state index in [0.717, 1.165) is 5.56 Å². The van der Waals surface area contributed by atoms with Crippen molar-refractivity contribution in [2.45, 2.75) is 13.0 Å². The lowest BCUT2D eigenvalue weighted by Crippen LogP contribution is -2.27. The summed E-state index contributed by atoms with van der Waals surface area (Å²) in [6.07, 6.45) is 0. The lowest BCUT2D eigenvalue weighted by molar-refractivity contribution is -0.117. The van der Waals surface area contributed by atoms with Crippen LogP contribution < -0.4 is 16.4 Å². The molecule has 0 radical (unpaired) electrons. The maximum atomic E-state index is 12.1. The van der Waals surface area contributed by atoms with Gasteiger partial charge in [0.05, 0.1) is 0 Å². The van der Waals surface area contributed by atoms with E-state index in [4.69, 9.17) is 5.73 Å². The van der Waals surface area contributed by atoms with E-state index in [9.17, 15) is 9.59 Å². The Balaban J connectivity index is 2.01. The Hall–Kier alpha value is -2.66. The second-order valence-electron chi connectivity index (χ2n) is 4.64. The molecule has 108 valence electrons. The number of carbonyl (C=O) groups is 2. The molecule has 0 unspecified atom stereocenters. The van der Waals surface area contributed by atoms with E-state index < -0.39 is 6.04 Å². The Morgan fingerprint density at radius 3 is 1.95 bits per heavy atom. The Kier molecular flexibility index (Phi) is 4.68. The molecule has 21 heavy (non-hydrogen) atoms. The molecule has 0 fully saturated rings. The maximum Gasteiger partial charge on any atom is 0.245 e. The summed E-state index contributed by atoms with van der Waals surface area (Å²) in [6, 6.07) is 15.3. The quantitative estimate of drug-likeness (QED) is 0.805. The highest BCUT2D eigenvalue weighted by Crippen LogP contribution is 2.16. The fraction of sp³-hybridized carbons (Fsp3) is 0.125. The van der Waals surface area contributed by atoms with Crippen LogP contribution in [-0.4, -0.2) is 11.8 Å². The van der Waals surface area contributed by atoms with Gasteiger partial charge in [0.1, 0.15) is 6.04 Å². The molecular weight excluding hydrogens is 266 g/mol. The van der Waals surface area contributed by atoms with Gasteiger partial charge < -0.3 is 16.4 Å². The number of amides is 2. The summed E-state index contributed by atoms with van der Waals surface area (Å²) in [4.78, 5) is 23.0. The van der Waals surface area contributed by atoms with Crippen molar-refractivity contribution in [1.82, 2.24) is 0 Å². The van der Waals surface area contributed by atoms with Crippen LogP contribution in [-0.2, 0) is 9.59 Å². The second kappa shape index (κ2) is 6.67. The minimum Gasteiger partial charge on any atom is -0.326 e. The Morgan fingerprint density at radius 2 is 1.43 bits per heavy atom. The molecule has 0 aliphatic heterocycles. The lowest BCUT2D eigenvalue weighted by Gasteiger charge is -2.13. The molecule has 0 spiro atoms. The van der Waals surface area contributed by atoms with E-state index in [1.54, 1.807) is 24.3 Å². The maximum absolute atomic E-state index is 12.1. The zero-order chi connectivity index (χ0) is 15.2. The molecule has 0 saturated carbocycles. The summed E-state index contributed by atoms with van der Waals surface area (Å²) in [5, 5.41) is 5.40. The van der Waals surface area contributed by atoms with E-state index >= 15 is 0 Å². The van der Waals surface area contributed by atoms with Gasteiger partial charge in [-0.1, -0.05) is 30.3 Å². The van der Waals surface area contributed by atoms with Crippen LogP contribution in [0.3, 0.4) is 0 Å². The van der Waals surface area contributed by atoms with Crippen LogP contribution in [0.1, 0.15) is 18.5 Å². The van der Waals surface area contributed by atoms with Gasteiger partial charge in [-0.15, -0.1) is 0 Å². The van der Waals surface area contributed by atoms with Crippen LogP contribution in [0.15, 0.2) is 54.6 Å². The smallest absolute Gasteiger partial charge is 0.245 e. The van der Waals surface area contributed by atoms with Gasteiger partial charge in [-0.3, -0.25) is 9.59 Å². The Morgan fingerprint density at radius 1 is 0.905 bits per heavy atom. The molecule has 0 saturated heterocycles. The first-order chi connectivity index (χ1) is 10.1. The van der Waals surface area contributed by atoms with E-state index in [0.29, 0.717) is 11.4 Å². The van der Waals surface area contributed by atoms with Gasteiger partial charge in [-0.2, -0.15) is 0 Å². The van der Waals surface area contributed by atoms with E-state index in [1.165, 1.54) is 6.92 Å². The first-order valence-electron chi connectivity index (χ1n) is 6.55. The number of rotatable bonds is 4. The number of hydrogen-bond acceptors (Lipinski definition) is 3. The molecule has 0 aromatic heterocycles. The van der Waals surface area contributed by atoms with Gasteiger partial charge in [-0.25, -0.2) is 0 Å². The second-order valence-corrected chi connectivity index (χ2v) is 4.64. The number of carbonyl (C=O) groups excluding carboxylic acids is 2. The van der Waals surface area contributed by atoms with E-state index in [1.807, 2.05) is 30.3 Å². The van der Waals surface area contributed by atoms with Gasteiger partial charge in [0.25, 0.3) is 0 Å². The van der Waals surface area contributed by atoms with Crippen LogP contribution >= 0.6 is 0 Å². The minimum absolute atomic E-state index is 0.141. The van der Waals surface area contributed by atoms with E-state index in [2.05, 4.69) is 10.6 Å². The van der Waals surface area contributed by atoms with Gasteiger partial charge >= 0.3 is 0 Å². The van der Waals surface area contributed by atoms with Crippen molar-refractivity contribution in [3.8, 4) is 0 Å². The number of hydrogen-bond donors (Lipinski definition) is 3. The van der Waals surface area contributed by atoms with E-state index in [-0.39, 0.29) is 11.8 Å². The number of nitrogens with one attached hydrogen (secondary N) is 2. The van der Waals surface area contributed by atoms with Crippen molar-refractivity contribution in [3.63, 3.8) is 0 Å². The topological polar surface area (TPSA) is 84.2 Å². The standard InChI is InChI=1S/C16H17N3O2/c1-11(20)18-13-7-9-14(10-8-13)19-16(21)15(17)12-5-3-2-4-6-12/h2-10,15H,17H2,1H3,(H,18,20)(H,19,21)/t15-/m1/s1. The molecule has 0 aliphatic rings. The van der Waals surface area contributed by atoms with Crippen molar-refractivity contribution in [1.29, 1.82) is 0 Å². The molecule has 2 amide bonds. The molecule has 1 atom stereocenters. The van der Waals surface area contributed by atoms with Crippen molar-refractivity contribution in [2.75, 3.05) is 10.6 Å². The summed E-state index contributed by atoms with van der Waals surface area (Å²) in [7, 11) is 0. The zero-order valence-electron chi connectivity index (χ0n) is 11.7. The summed E-state index contributed by atoms with van der Waals surface area (Å²) in [5.74, 6) is -0.425. The molecule has 5 heteroatoms. The fourth-order valence-electron chi connectivity index (χ4n) is 1.87. The molecule has 0 aliphatic carbocycles. The number of benzene rings is 2. The van der Waals surface area contributed by atoms with Crippen molar-refractivity contribution >= 4 is 23.2 Å². The summed E-state index contributed by atoms with van der Waals surface area (Å²) in [5.41, 5.74) is 7.97. The highest BCUT2D eigenvalue weighted by atomic mass is 16.2. The van der Waals surface area contributed by atoms with Crippen LogP contribution in [0.5, 0.6) is 0 Å². The average molecular weight is 283 g/mol. The molecule has 0 heterocycles. The third kappa shape index (κ3) is 4.15. The molecule has 4 N–H and O–H groups in total. The summed E-state index contributed by atoms with van der Waals surface area (Å²) < 4.78 is 0. The van der Waals surface area contributed by atoms with Gasteiger partial charge in [0.2, 0.25) is 11.8 Å². The van der Waals surface area contributed by atoms with Crippen LogP contribution in [0, 0.1) is 0 Å². The third-order valence-electron chi connectivity index (χ3n) is 2.91. The summed E-state index contributed by atoms with van der Waals surface area (Å²) in [6.45, 7) is 1.44. The zero-order valence-corrected chi connectivity index (χ0v) is 11.7. The highest BCUT2D eigenvalue weighted by Gasteiger charge is 2.15. The van der Waals surface area contributed by atoms with Crippen molar-refractivity contribution in [3.05, 3.63) is 60.2 Å². The SMILES string of the molecule is CC(=O)Nc1ccc(NC(=O)[C@H](N)c2ccccc2)cc1. The van der Waals surface area contributed by atoms with Gasteiger partial charge in [0.15, 0.2) is 0 Å². The first-order valence-corrected chi connectivity index (χ1v) is 6.55. The monoisotopic (exact) mass is 283 g/mol. The molecule has 2 aromatic rings. The largest absolute Gasteiger partial charge is 0.326 e. The fourth-order valence-corrected chi connectivity index (χ4v) is 1.87. The van der Waals surface area contributed by atoms with Crippen molar-refractivity contribution in [2.24, 2.45) is 5.73 Å². The average Bonchev–Trinajstić information content (AvgIpc) is 2.49. The van der Waals surface area contributed by atoms with Crippen LogP contribution in [0.25, 0.3) is 0 Å². The van der Waals surface area contributed by atoms with Crippen LogP contribution in [0.2, 0.25) is 0 Å². The third-order valence-corrected chi connectivity index (χ3v) is 2.91. The summed E-state index contributed by atoms with van der Waals surface area (Å²) >= 11 is 0. The molecule has 2 rings (SSSR count). The Bertz CT molecular complexity index is 624. The van der Waals surface area contributed by atoms with Crippen LogP contribution in [0.4, 0.5) is 11.4 Å². The normalized spacial score (nSPS) is 11.5. The van der Waals surface area contributed by atoms with Crippen molar-refractivity contribution < 1.29 is 9.59 Å². The molecular formula is C16H17N3O2. The predicted molar refractivity (Wildman–Crippen MR) is 82.7 cm³/mol. The molecule has 5 nitrogen and oxygen atoms in total. The number of nitrogens with two attached hydrogens (primary N) is 1.